The van der Waals surface area contributed by atoms with E-state index in [2.05, 4.69) is 5.32 Å². The molecule has 2 aromatic rings. The van der Waals surface area contributed by atoms with Crippen molar-refractivity contribution in [2.75, 3.05) is 7.05 Å². The summed E-state index contributed by atoms with van der Waals surface area (Å²) in [6.45, 7) is 0. The number of ketones is 1. The molecule has 1 atom stereocenters. The Hall–Kier alpha value is -3.35. The van der Waals surface area contributed by atoms with Gasteiger partial charge in [0, 0.05) is 7.05 Å². The highest BCUT2D eigenvalue weighted by atomic mass is 19.4. The molecule has 1 heterocycles. The van der Waals surface area contributed by atoms with Gasteiger partial charge in [-0.25, -0.2) is 4.39 Å². The van der Waals surface area contributed by atoms with E-state index in [-0.39, 0.29) is 22.8 Å². The number of allylic oxidation sites excluding steroid dienone is 3. The normalized spacial score (nSPS) is 20.0. The van der Waals surface area contributed by atoms with E-state index >= 15 is 0 Å². The Morgan fingerprint density at radius 3 is 2.59 bits per heavy atom. The number of halogens is 4. The molecule has 0 saturated heterocycles. The maximum Gasteiger partial charge on any atom is 0.416 e. The van der Waals surface area contributed by atoms with Crippen molar-refractivity contribution in [1.29, 1.82) is 0 Å². The molecule has 0 aromatic heterocycles. The van der Waals surface area contributed by atoms with Crippen molar-refractivity contribution in [1.82, 2.24) is 5.32 Å². The number of fused-ring (bicyclic) bond motifs is 1. The second-order valence-electron chi connectivity index (χ2n) is 6.63. The SMILES string of the molecule is CNC1=C(c2cccc(C(F)(F)F)c2)C(=O)/C(=C/C2C(F)=Cc3ccccc32)O1. The lowest BCUT2D eigenvalue weighted by atomic mass is 9.96. The summed E-state index contributed by atoms with van der Waals surface area (Å²) in [4.78, 5) is 12.9. The molecule has 7 heteroatoms. The lowest BCUT2D eigenvalue weighted by molar-refractivity contribution is -0.137. The third kappa shape index (κ3) is 3.33. The van der Waals surface area contributed by atoms with E-state index in [1.165, 1.54) is 31.3 Å². The van der Waals surface area contributed by atoms with Crippen LogP contribution in [0.1, 0.15) is 28.2 Å². The van der Waals surface area contributed by atoms with Crippen LogP contribution in [0.25, 0.3) is 11.6 Å². The van der Waals surface area contributed by atoms with Crippen LogP contribution in [0.3, 0.4) is 0 Å². The van der Waals surface area contributed by atoms with Crippen LogP contribution in [0.4, 0.5) is 17.6 Å². The van der Waals surface area contributed by atoms with E-state index in [0.29, 0.717) is 11.1 Å². The van der Waals surface area contributed by atoms with Gasteiger partial charge >= 0.3 is 6.18 Å². The predicted molar refractivity (Wildman–Crippen MR) is 99.9 cm³/mol. The van der Waals surface area contributed by atoms with Crippen LogP contribution in [0, 0.1) is 0 Å². The first-order valence-electron chi connectivity index (χ1n) is 8.79. The largest absolute Gasteiger partial charge is 0.437 e. The number of alkyl halides is 3. The maximum absolute atomic E-state index is 14.4. The van der Waals surface area contributed by atoms with Crippen molar-refractivity contribution in [2.45, 2.75) is 12.1 Å². The highest BCUT2D eigenvalue weighted by molar-refractivity contribution is 6.30. The summed E-state index contributed by atoms with van der Waals surface area (Å²) in [6, 6.07) is 11.5. The number of benzene rings is 2. The fraction of sp³-hybridized carbons (Fsp3) is 0.136. The summed E-state index contributed by atoms with van der Waals surface area (Å²) in [6.07, 6.45) is -1.80. The Morgan fingerprint density at radius 1 is 1.10 bits per heavy atom. The molecule has 0 amide bonds. The number of rotatable bonds is 3. The monoisotopic (exact) mass is 401 g/mol. The topological polar surface area (TPSA) is 38.3 Å². The van der Waals surface area contributed by atoms with Crippen molar-refractivity contribution in [2.24, 2.45) is 0 Å². The number of nitrogens with one attached hydrogen (secondary N) is 1. The zero-order valence-corrected chi connectivity index (χ0v) is 15.2. The maximum atomic E-state index is 14.4. The van der Waals surface area contributed by atoms with E-state index in [9.17, 15) is 22.4 Å². The van der Waals surface area contributed by atoms with Gasteiger partial charge in [-0.05, 0) is 41.0 Å². The first-order valence-corrected chi connectivity index (χ1v) is 8.79. The van der Waals surface area contributed by atoms with Crippen molar-refractivity contribution in [3.63, 3.8) is 0 Å². The van der Waals surface area contributed by atoms with Crippen molar-refractivity contribution in [3.8, 4) is 0 Å². The third-order valence-electron chi connectivity index (χ3n) is 4.84. The molecule has 0 fully saturated rings. The highest BCUT2D eigenvalue weighted by Crippen LogP contribution is 2.41. The molecule has 2 aliphatic rings. The molecule has 0 bridgehead atoms. The molecule has 0 spiro atoms. The Morgan fingerprint density at radius 2 is 1.86 bits per heavy atom. The highest BCUT2D eigenvalue weighted by Gasteiger charge is 2.36. The zero-order chi connectivity index (χ0) is 20.8. The summed E-state index contributed by atoms with van der Waals surface area (Å²) in [5, 5.41) is 2.69. The van der Waals surface area contributed by atoms with Crippen LogP contribution in [0.2, 0.25) is 0 Å². The zero-order valence-electron chi connectivity index (χ0n) is 15.2. The molecule has 0 radical (unpaired) electrons. The number of carbonyl (C=O) groups is 1. The Labute approximate surface area is 164 Å². The summed E-state index contributed by atoms with van der Waals surface area (Å²) in [5.74, 6) is -1.94. The second kappa shape index (κ2) is 6.92. The number of Topliss-reactive ketones (excluding diaryl/α,β-unsaturated/α-hetero) is 1. The minimum atomic E-state index is -4.54. The van der Waals surface area contributed by atoms with Gasteiger partial charge < -0.3 is 10.1 Å². The summed E-state index contributed by atoms with van der Waals surface area (Å²) < 4.78 is 59.2. The van der Waals surface area contributed by atoms with Gasteiger partial charge in [0.25, 0.3) is 0 Å². The molecule has 0 saturated carbocycles. The summed E-state index contributed by atoms with van der Waals surface area (Å²) >= 11 is 0. The second-order valence-corrected chi connectivity index (χ2v) is 6.63. The molecule has 4 rings (SSSR count). The Kier molecular flexibility index (Phi) is 4.53. The fourth-order valence-corrected chi connectivity index (χ4v) is 3.47. The number of ether oxygens (including phenoxy) is 1. The standard InChI is InChI=1S/C22H15F4NO2/c1-27-21-19(13-6-4-7-14(9-13)22(24,25)26)20(28)18(29-21)11-16-15-8-3-2-5-12(15)10-17(16)23/h2-11,16,27H,1H3/b18-11-. The van der Waals surface area contributed by atoms with Crippen LogP contribution in [0.5, 0.6) is 0 Å². The molecule has 1 aliphatic heterocycles. The molecule has 1 unspecified atom stereocenters. The van der Waals surface area contributed by atoms with Crippen molar-refractivity contribution in [3.05, 3.63) is 94.3 Å². The van der Waals surface area contributed by atoms with E-state index in [1.807, 2.05) is 0 Å². The van der Waals surface area contributed by atoms with Crippen LogP contribution in [-0.2, 0) is 15.7 Å². The smallest absolute Gasteiger partial charge is 0.416 e. The van der Waals surface area contributed by atoms with E-state index in [0.717, 1.165) is 12.1 Å². The van der Waals surface area contributed by atoms with Gasteiger partial charge in [-0.2, -0.15) is 13.2 Å². The average Bonchev–Trinajstić information content (AvgIpc) is 3.18. The van der Waals surface area contributed by atoms with Gasteiger partial charge in [0.1, 0.15) is 5.83 Å². The van der Waals surface area contributed by atoms with Crippen LogP contribution in [-0.4, -0.2) is 12.8 Å². The average molecular weight is 401 g/mol. The first-order chi connectivity index (χ1) is 13.8. The van der Waals surface area contributed by atoms with Crippen LogP contribution < -0.4 is 5.32 Å². The summed E-state index contributed by atoms with van der Waals surface area (Å²) in [5.41, 5.74) is 0.562. The van der Waals surface area contributed by atoms with Crippen molar-refractivity contribution < 1.29 is 27.1 Å². The van der Waals surface area contributed by atoms with E-state index < -0.39 is 29.3 Å². The van der Waals surface area contributed by atoms with Crippen molar-refractivity contribution >= 4 is 17.4 Å². The van der Waals surface area contributed by atoms with Gasteiger partial charge in [-0.3, -0.25) is 4.79 Å². The molecule has 1 N–H and O–H groups in total. The predicted octanol–water partition coefficient (Wildman–Crippen LogP) is 5.18. The first kappa shape index (κ1) is 19.0. The van der Waals surface area contributed by atoms with Crippen LogP contribution >= 0.6 is 0 Å². The van der Waals surface area contributed by atoms with Gasteiger partial charge in [-0.15, -0.1) is 0 Å². The number of hydrogen-bond acceptors (Lipinski definition) is 3. The molecule has 148 valence electrons. The third-order valence-corrected chi connectivity index (χ3v) is 4.84. The Bertz CT molecular complexity index is 1100. The Balaban J connectivity index is 1.72. The quantitative estimate of drug-likeness (QED) is 0.569. The summed E-state index contributed by atoms with van der Waals surface area (Å²) in [7, 11) is 1.49. The van der Waals surface area contributed by atoms with Gasteiger partial charge in [-0.1, -0.05) is 36.4 Å². The molecule has 3 nitrogen and oxygen atoms in total. The molecular weight excluding hydrogens is 386 g/mol. The minimum absolute atomic E-state index is 0.0243. The van der Waals surface area contributed by atoms with E-state index in [1.54, 1.807) is 24.3 Å². The number of carbonyl (C=O) groups excluding carboxylic acids is 1. The number of hydrogen-bond donors (Lipinski definition) is 1. The lowest BCUT2D eigenvalue weighted by Gasteiger charge is -2.09. The minimum Gasteiger partial charge on any atom is -0.437 e. The van der Waals surface area contributed by atoms with E-state index in [4.69, 9.17) is 4.74 Å². The van der Waals surface area contributed by atoms with Gasteiger partial charge in [0.05, 0.1) is 17.1 Å². The fourth-order valence-electron chi connectivity index (χ4n) is 3.47. The van der Waals surface area contributed by atoms with Gasteiger partial charge in [0.2, 0.25) is 11.7 Å². The molecule has 29 heavy (non-hydrogen) atoms. The molecular formula is C22H15F4NO2. The molecule has 1 aliphatic carbocycles. The van der Waals surface area contributed by atoms with Crippen LogP contribution in [0.15, 0.2) is 72.1 Å². The lowest BCUT2D eigenvalue weighted by Crippen LogP contribution is -2.09. The van der Waals surface area contributed by atoms with Gasteiger partial charge in [0.15, 0.2) is 5.76 Å². The molecule has 2 aromatic carbocycles.